The largest absolute Gasteiger partial charge is 0.481 e. The summed E-state index contributed by atoms with van der Waals surface area (Å²) in [5.74, 6) is 0.473. The molecule has 0 saturated carbocycles. The van der Waals surface area contributed by atoms with Crippen molar-refractivity contribution in [3.63, 3.8) is 0 Å². The van der Waals surface area contributed by atoms with Gasteiger partial charge >= 0.3 is 5.97 Å². The molecule has 0 radical (unpaired) electrons. The van der Waals surface area contributed by atoms with Gasteiger partial charge in [-0.1, -0.05) is 13.8 Å². The molecule has 0 bridgehead atoms. The highest BCUT2D eigenvalue weighted by Crippen LogP contribution is 2.31. The first-order chi connectivity index (χ1) is 7.41. The Kier molecular flexibility index (Phi) is 5.12. The van der Waals surface area contributed by atoms with E-state index in [0.717, 1.165) is 25.3 Å². The van der Waals surface area contributed by atoms with Crippen LogP contribution >= 0.6 is 11.8 Å². The predicted molar refractivity (Wildman–Crippen MR) is 69.1 cm³/mol. The first-order valence-corrected chi connectivity index (χ1v) is 6.99. The number of nitrogens with zero attached hydrogens (tertiary/aromatic N) is 1. The zero-order chi connectivity index (χ0) is 12.2. The minimum absolute atomic E-state index is 0.286. The molecular formula is C12H23NO2S. The zero-order valence-corrected chi connectivity index (χ0v) is 11.3. The van der Waals surface area contributed by atoms with Gasteiger partial charge in [0.15, 0.2) is 0 Å². The fraction of sp³-hybridized carbons (Fsp3) is 0.917. The molecular weight excluding hydrogens is 222 g/mol. The van der Waals surface area contributed by atoms with Crippen molar-refractivity contribution in [2.45, 2.75) is 50.8 Å². The van der Waals surface area contributed by atoms with Crippen molar-refractivity contribution in [2.24, 2.45) is 0 Å². The van der Waals surface area contributed by atoms with Crippen LogP contribution in [0.4, 0.5) is 0 Å². The van der Waals surface area contributed by atoms with Gasteiger partial charge in [0, 0.05) is 29.5 Å². The highest BCUT2D eigenvalue weighted by Gasteiger charge is 2.25. The maximum atomic E-state index is 10.5. The van der Waals surface area contributed by atoms with Gasteiger partial charge < -0.3 is 5.11 Å². The quantitative estimate of drug-likeness (QED) is 0.826. The Labute approximate surface area is 103 Å². The minimum Gasteiger partial charge on any atom is -0.481 e. The number of thioether (sulfide) groups is 1. The normalized spacial score (nSPS) is 23.7. The Hall–Kier alpha value is -0.220. The van der Waals surface area contributed by atoms with Crippen LogP contribution in [-0.4, -0.2) is 45.6 Å². The van der Waals surface area contributed by atoms with Crippen LogP contribution in [0, 0.1) is 0 Å². The van der Waals surface area contributed by atoms with Gasteiger partial charge in [0.25, 0.3) is 0 Å². The topological polar surface area (TPSA) is 40.5 Å². The number of carbonyl (C=O) groups is 1. The molecule has 1 aliphatic heterocycles. The molecule has 1 fully saturated rings. The van der Waals surface area contributed by atoms with Gasteiger partial charge in [-0.25, -0.2) is 0 Å². The van der Waals surface area contributed by atoms with Gasteiger partial charge in [0.1, 0.15) is 0 Å². The van der Waals surface area contributed by atoms with Crippen molar-refractivity contribution in [3.8, 4) is 0 Å². The van der Waals surface area contributed by atoms with Gasteiger partial charge in [-0.2, -0.15) is 11.8 Å². The third kappa shape index (κ3) is 4.74. The van der Waals surface area contributed by atoms with E-state index in [1.807, 2.05) is 11.8 Å². The zero-order valence-electron chi connectivity index (χ0n) is 10.5. The summed E-state index contributed by atoms with van der Waals surface area (Å²) in [4.78, 5) is 13.0. The SMILES string of the molecule is CC(CCC(=O)O)N1CCSC(C)(C)CC1. The summed E-state index contributed by atoms with van der Waals surface area (Å²) < 4.78 is 0.376. The molecule has 1 atom stereocenters. The van der Waals surface area contributed by atoms with Crippen LogP contribution in [0.3, 0.4) is 0 Å². The molecule has 1 rings (SSSR count). The van der Waals surface area contributed by atoms with E-state index in [-0.39, 0.29) is 6.42 Å². The Morgan fingerprint density at radius 3 is 2.81 bits per heavy atom. The third-order valence-corrected chi connectivity index (χ3v) is 4.64. The number of carboxylic acid groups (broad SMARTS) is 1. The van der Waals surface area contributed by atoms with Crippen molar-refractivity contribution in [2.75, 3.05) is 18.8 Å². The molecule has 0 spiro atoms. The third-order valence-electron chi connectivity index (χ3n) is 3.27. The van der Waals surface area contributed by atoms with Crippen molar-refractivity contribution < 1.29 is 9.90 Å². The molecule has 94 valence electrons. The van der Waals surface area contributed by atoms with Crippen molar-refractivity contribution >= 4 is 17.7 Å². The van der Waals surface area contributed by atoms with Gasteiger partial charge in [0.2, 0.25) is 0 Å². The number of aliphatic carboxylic acids is 1. The van der Waals surface area contributed by atoms with E-state index in [9.17, 15) is 4.79 Å². The lowest BCUT2D eigenvalue weighted by atomic mass is 10.1. The summed E-state index contributed by atoms with van der Waals surface area (Å²) in [6.45, 7) is 8.92. The average molecular weight is 245 g/mol. The number of hydrogen-bond acceptors (Lipinski definition) is 3. The van der Waals surface area contributed by atoms with Crippen LogP contribution in [0.1, 0.15) is 40.0 Å². The summed E-state index contributed by atoms with van der Waals surface area (Å²) >= 11 is 2.03. The van der Waals surface area contributed by atoms with Crippen LogP contribution in [-0.2, 0) is 4.79 Å². The van der Waals surface area contributed by atoms with Crippen LogP contribution in [0.2, 0.25) is 0 Å². The second-order valence-electron chi connectivity index (χ2n) is 5.18. The van der Waals surface area contributed by atoms with Crippen LogP contribution in [0.15, 0.2) is 0 Å². The summed E-state index contributed by atoms with van der Waals surface area (Å²) in [5, 5.41) is 8.68. The van der Waals surface area contributed by atoms with Crippen molar-refractivity contribution in [1.82, 2.24) is 4.90 Å². The predicted octanol–water partition coefficient (Wildman–Crippen LogP) is 2.46. The summed E-state index contributed by atoms with van der Waals surface area (Å²) in [6, 6.07) is 0.394. The molecule has 1 heterocycles. The van der Waals surface area contributed by atoms with Gasteiger partial charge in [-0.3, -0.25) is 9.69 Å². The monoisotopic (exact) mass is 245 g/mol. The number of hydrogen-bond donors (Lipinski definition) is 1. The molecule has 0 aromatic carbocycles. The smallest absolute Gasteiger partial charge is 0.303 e. The highest BCUT2D eigenvalue weighted by molar-refractivity contribution is 8.00. The summed E-state index contributed by atoms with van der Waals surface area (Å²) in [6.07, 6.45) is 2.24. The molecule has 0 aliphatic carbocycles. The van der Waals surface area contributed by atoms with Gasteiger partial charge in [-0.15, -0.1) is 0 Å². The first kappa shape index (κ1) is 13.8. The Balaban J connectivity index is 2.38. The molecule has 4 heteroatoms. The van der Waals surface area contributed by atoms with E-state index in [1.165, 1.54) is 6.42 Å². The fourth-order valence-electron chi connectivity index (χ4n) is 1.99. The molecule has 3 nitrogen and oxygen atoms in total. The lowest BCUT2D eigenvalue weighted by Crippen LogP contribution is -2.35. The van der Waals surface area contributed by atoms with Crippen LogP contribution in [0.25, 0.3) is 0 Å². The standard InChI is InChI=1S/C12H23NO2S/c1-10(4-5-11(14)15)13-7-6-12(2,3)16-9-8-13/h10H,4-9H2,1-3H3,(H,14,15). The highest BCUT2D eigenvalue weighted by atomic mass is 32.2. The summed E-state index contributed by atoms with van der Waals surface area (Å²) in [7, 11) is 0. The van der Waals surface area contributed by atoms with E-state index >= 15 is 0 Å². The Morgan fingerprint density at radius 2 is 2.19 bits per heavy atom. The van der Waals surface area contributed by atoms with Crippen molar-refractivity contribution in [1.29, 1.82) is 0 Å². The maximum Gasteiger partial charge on any atom is 0.303 e. The lowest BCUT2D eigenvalue weighted by Gasteiger charge is -2.27. The first-order valence-electron chi connectivity index (χ1n) is 6.00. The second-order valence-corrected chi connectivity index (χ2v) is 6.98. The molecule has 1 N–H and O–H groups in total. The molecule has 1 aliphatic rings. The number of rotatable bonds is 4. The molecule has 1 unspecified atom stereocenters. The fourth-order valence-corrected chi connectivity index (χ4v) is 3.11. The second kappa shape index (κ2) is 5.92. The van der Waals surface area contributed by atoms with E-state index in [1.54, 1.807) is 0 Å². The summed E-state index contributed by atoms with van der Waals surface area (Å²) in [5.41, 5.74) is 0. The van der Waals surface area contributed by atoms with Crippen LogP contribution in [0.5, 0.6) is 0 Å². The molecule has 0 amide bonds. The molecule has 0 aromatic heterocycles. The lowest BCUT2D eigenvalue weighted by molar-refractivity contribution is -0.137. The van der Waals surface area contributed by atoms with E-state index < -0.39 is 5.97 Å². The number of carboxylic acids is 1. The molecule has 1 saturated heterocycles. The molecule has 0 aromatic rings. The van der Waals surface area contributed by atoms with Gasteiger partial charge in [-0.05, 0) is 26.3 Å². The van der Waals surface area contributed by atoms with Gasteiger partial charge in [0.05, 0.1) is 0 Å². The Bertz CT molecular complexity index is 243. The molecule has 16 heavy (non-hydrogen) atoms. The minimum atomic E-state index is -0.684. The maximum absolute atomic E-state index is 10.5. The average Bonchev–Trinajstić information content (AvgIpc) is 2.35. The van der Waals surface area contributed by atoms with Crippen molar-refractivity contribution in [3.05, 3.63) is 0 Å². The Morgan fingerprint density at radius 1 is 1.50 bits per heavy atom. The van der Waals surface area contributed by atoms with E-state index in [4.69, 9.17) is 5.11 Å². The van der Waals surface area contributed by atoms with Crippen LogP contribution < -0.4 is 0 Å². The van der Waals surface area contributed by atoms with E-state index in [2.05, 4.69) is 25.7 Å². The van der Waals surface area contributed by atoms with E-state index in [0.29, 0.717) is 10.8 Å².